The van der Waals surface area contributed by atoms with Crippen molar-refractivity contribution in [2.45, 2.75) is 0 Å². The van der Waals surface area contributed by atoms with Crippen LogP contribution in [0.3, 0.4) is 0 Å². The number of aromatic hydroxyl groups is 1. The fraction of sp³-hybridized carbons (Fsp3) is 0. The van der Waals surface area contributed by atoms with E-state index >= 15 is 0 Å². The Kier molecular flexibility index (Phi) is 3.47. The summed E-state index contributed by atoms with van der Waals surface area (Å²) in [7, 11) is 0. The van der Waals surface area contributed by atoms with Crippen LogP contribution in [0.1, 0.15) is 0 Å². The Balaban J connectivity index is 2.34. The molecule has 0 bridgehead atoms. The fourth-order valence-corrected chi connectivity index (χ4v) is 1.72. The molecule has 0 aromatic heterocycles. The molecule has 1 amide bonds. The molecule has 0 spiro atoms. The number of anilines is 1. The molecule has 2 rings (SSSR count). The van der Waals surface area contributed by atoms with E-state index in [1.54, 1.807) is 36.4 Å². The van der Waals surface area contributed by atoms with Gasteiger partial charge in [-0.05, 0) is 12.1 Å². The van der Waals surface area contributed by atoms with Gasteiger partial charge < -0.3 is 15.5 Å². The van der Waals surface area contributed by atoms with Gasteiger partial charge in [0, 0.05) is 28.6 Å². The van der Waals surface area contributed by atoms with E-state index in [4.69, 9.17) is 5.11 Å². The third kappa shape index (κ3) is 2.90. The minimum atomic E-state index is -1.19. The van der Waals surface area contributed by atoms with Crippen molar-refractivity contribution in [3.8, 4) is 5.75 Å². The highest BCUT2D eigenvalue weighted by Gasteiger charge is 2.05. The average molecular weight is 257 g/mol. The molecule has 0 saturated carbocycles. The topological polar surface area (TPSA) is 86.6 Å². The number of phenolic OH excluding ortho intramolecular Hbond substituents is 1. The molecule has 3 N–H and O–H groups in total. The minimum absolute atomic E-state index is 0.120. The second-order valence-electron chi connectivity index (χ2n) is 3.84. The van der Waals surface area contributed by atoms with Crippen LogP contribution in [0.2, 0.25) is 0 Å². The molecule has 0 radical (unpaired) electrons. The molecular weight excluding hydrogens is 246 g/mol. The van der Waals surface area contributed by atoms with Gasteiger partial charge in [0.05, 0.1) is 0 Å². The molecule has 2 aromatic rings. The molecule has 0 aliphatic heterocycles. The molecule has 0 aliphatic rings. The smallest absolute Gasteiger partial charge is 0.328 e. The first-order valence-electron chi connectivity index (χ1n) is 5.50. The number of hydrogen-bond donors (Lipinski definition) is 3. The highest BCUT2D eigenvalue weighted by Crippen LogP contribution is 2.29. The monoisotopic (exact) mass is 257 g/mol. The summed E-state index contributed by atoms with van der Waals surface area (Å²) in [5.74, 6) is -1.61. The third-order valence-electron chi connectivity index (χ3n) is 2.53. The van der Waals surface area contributed by atoms with Gasteiger partial charge in [0.15, 0.2) is 0 Å². The number of phenols is 1. The van der Waals surface area contributed by atoms with Crippen LogP contribution in [-0.2, 0) is 9.59 Å². The summed E-state index contributed by atoms with van der Waals surface area (Å²) in [4.78, 5) is 21.8. The summed E-state index contributed by atoms with van der Waals surface area (Å²) in [5.41, 5.74) is 0.508. The predicted molar refractivity (Wildman–Crippen MR) is 71.0 cm³/mol. The molecular formula is C14H11NO4. The highest BCUT2D eigenvalue weighted by molar-refractivity contribution is 6.08. The van der Waals surface area contributed by atoms with Crippen LogP contribution < -0.4 is 5.32 Å². The quantitative estimate of drug-likeness (QED) is 0.735. The number of carbonyl (C=O) groups is 2. The zero-order valence-electron chi connectivity index (χ0n) is 9.83. The lowest BCUT2D eigenvalue weighted by atomic mass is 10.1. The number of nitrogens with one attached hydrogen (secondary N) is 1. The first-order chi connectivity index (χ1) is 9.08. The van der Waals surface area contributed by atoms with Gasteiger partial charge in [-0.15, -0.1) is 0 Å². The third-order valence-corrected chi connectivity index (χ3v) is 2.53. The van der Waals surface area contributed by atoms with E-state index in [1.807, 2.05) is 0 Å². The molecule has 0 aliphatic carbocycles. The minimum Gasteiger partial charge on any atom is -0.507 e. The Morgan fingerprint density at radius 1 is 1.00 bits per heavy atom. The van der Waals surface area contributed by atoms with E-state index < -0.39 is 11.9 Å². The van der Waals surface area contributed by atoms with E-state index in [0.29, 0.717) is 16.5 Å². The highest BCUT2D eigenvalue weighted by atomic mass is 16.4. The zero-order chi connectivity index (χ0) is 13.8. The molecule has 0 heterocycles. The molecule has 0 saturated heterocycles. The second-order valence-corrected chi connectivity index (χ2v) is 3.84. The van der Waals surface area contributed by atoms with Gasteiger partial charge in [0.2, 0.25) is 5.91 Å². The summed E-state index contributed by atoms with van der Waals surface area (Å²) < 4.78 is 0. The van der Waals surface area contributed by atoms with Gasteiger partial charge in [-0.1, -0.05) is 24.3 Å². The average Bonchev–Trinajstić information content (AvgIpc) is 2.38. The number of amides is 1. The molecule has 5 heteroatoms. The van der Waals surface area contributed by atoms with Crippen molar-refractivity contribution in [3.05, 3.63) is 48.6 Å². The lowest BCUT2D eigenvalue weighted by Gasteiger charge is -2.07. The van der Waals surface area contributed by atoms with Gasteiger partial charge in [0.25, 0.3) is 0 Å². The van der Waals surface area contributed by atoms with Gasteiger partial charge in [-0.3, -0.25) is 4.79 Å². The Hall–Kier alpha value is -2.82. The van der Waals surface area contributed by atoms with Crippen molar-refractivity contribution in [1.29, 1.82) is 0 Å². The van der Waals surface area contributed by atoms with Crippen molar-refractivity contribution < 1.29 is 19.8 Å². The standard InChI is InChI=1S/C14H11NO4/c16-12-6-2-3-9-10(12)4-1-5-11(9)15-13(17)7-8-14(18)19/h1-8,16H,(H,15,17)(H,18,19)/b8-7+. The normalized spacial score (nSPS) is 10.7. The number of rotatable bonds is 3. The maximum Gasteiger partial charge on any atom is 0.328 e. The molecule has 2 aromatic carbocycles. The Labute approximate surface area is 108 Å². The Morgan fingerprint density at radius 3 is 2.42 bits per heavy atom. The number of hydrogen-bond acceptors (Lipinski definition) is 3. The Bertz CT molecular complexity index is 676. The lowest BCUT2D eigenvalue weighted by Crippen LogP contribution is -2.08. The number of fused-ring (bicyclic) bond motifs is 1. The van der Waals surface area contributed by atoms with Crippen LogP contribution in [0.5, 0.6) is 5.75 Å². The van der Waals surface area contributed by atoms with Gasteiger partial charge in [-0.2, -0.15) is 0 Å². The summed E-state index contributed by atoms with van der Waals surface area (Å²) in [5, 5.41) is 22.0. The predicted octanol–water partition coefficient (Wildman–Crippen LogP) is 2.12. The molecule has 5 nitrogen and oxygen atoms in total. The number of benzene rings is 2. The number of aliphatic carboxylic acids is 1. The number of carboxylic acid groups (broad SMARTS) is 1. The van der Waals surface area contributed by atoms with E-state index in [0.717, 1.165) is 12.2 Å². The van der Waals surface area contributed by atoms with Gasteiger partial charge in [0.1, 0.15) is 5.75 Å². The molecule has 0 fully saturated rings. The van der Waals surface area contributed by atoms with Crippen molar-refractivity contribution in [2.75, 3.05) is 5.32 Å². The summed E-state index contributed by atoms with van der Waals surface area (Å²) in [6.45, 7) is 0. The maximum absolute atomic E-state index is 11.5. The van der Waals surface area contributed by atoms with Crippen LogP contribution in [-0.4, -0.2) is 22.1 Å². The van der Waals surface area contributed by atoms with E-state index in [9.17, 15) is 14.7 Å². The summed E-state index contributed by atoms with van der Waals surface area (Å²) >= 11 is 0. The van der Waals surface area contributed by atoms with Crippen LogP contribution in [0.25, 0.3) is 10.8 Å². The first kappa shape index (κ1) is 12.6. The zero-order valence-corrected chi connectivity index (χ0v) is 9.83. The number of carboxylic acids is 1. The fourth-order valence-electron chi connectivity index (χ4n) is 1.72. The second kappa shape index (κ2) is 5.22. The summed E-state index contributed by atoms with van der Waals surface area (Å²) in [6.07, 6.45) is 1.70. The summed E-state index contributed by atoms with van der Waals surface area (Å²) in [6, 6.07) is 10.1. The number of carbonyl (C=O) groups excluding carboxylic acids is 1. The Morgan fingerprint density at radius 2 is 1.68 bits per heavy atom. The van der Waals surface area contributed by atoms with E-state index in [1.165, 1.54) is 0 Å². The van der Waals surface area contributed by atoms with Crippen LogP contribution in [0.4, 0.5) is 5.69 Å². The van der Waals surface area contributed by atoms with Crippen molar-refractivity contribution in [1.82, 2.24) is 0 Å². The molecule has 96 valence electrons. The van der Waals surface area contributed by atoms with Crippen molar-refractivity contribution >= 4 is 28.3 Å². The SMILES string of the molecule is O=C(O)/C=C/C(=O)Nc1cccc2c(O)cccc12. The van der Waals surface area contributed by atoms with Crippen LogP contribution >= 0.6 is 0 Å². The van der Waals surface area contributed by atoms with E-state index in [2.05, 4.69) is 5.32 Å². The van der Waals surface area contributed by atoms with Crippen LogP contribution in [0, 0.1) is 0 Å². The van der Waals surface area contributed by atoms with Crippen LogP contribution in [0.15, 0.2) is 48.6 Å². The molecule has 0 unspecified atom stereocenters. The first-order valence-corrected chi connectivity index (χ1v) is 5.50. The van der Waals surface area contributed by atoms with E-state index in [-0.39, 0.29) is 5.75 Å². The largest absolute Gasteiger partial charge is 0.507 e. The van der Waals surface area contributed by atoms with Gasteiger partial charge in [-0.25, -0.2) is 4.79 Å². The van der Waals surface area contributed by atoms with Crippen molar-refractivity contribution in [3.63, 3.8) is 0 Å². The molecule has 0 atom stereocenters. The van der Waals surface area contributed by atoms with Crippen molar-refractivity contribution in [2.24, 2.45) is 0 Å². The van der Waals surface area contributed by atoms with Gasteiger partial charge >= 0.3 is 5.97 Å². The molecule has 19 heavy (non-hydrogen) atoms. The maximum atomic E-state index is 11.5. The lowest BCUT2D eigenvalue weighted by molar-refractivity contribution is -0.131.